The fraction of sp³-hybridized carbons (Fsp3) is 0.758. The number of nitrogens with zero attached hydrogens (tertiary/aromatic N) is 1. The molecule has 1 aromatic rings. The van der Waals surface area contributed by atoms with Crippen LogP contribution in [0.3, 0.4) is 0 Å². The lowest BCUT2D eigenvalue weighted by atomic mass is 9.80. The van der Waals surface area contributed by atoms with Gasteiger partial charge in [0.2, 0.25) is 17.7 Å². The van der Waals surface area contributed by atoms with Crippen LogP contribution in [0.25, 0.3) is 0 Å². The Hall–Kier alpha value is -2.48. The van der Waals surface area contributed by atoms with Gasteiger partial charge in [0.15, 0.2) is 0 Å². The van der Waals surface area contributed by atoms with Gasteiger partial charge in [-0.25, -0.2) is 0 Å². The maximum atomic E-state index is 13.7. The molecule has 0 radical (unpaired) electrons. The molecule has 8 nitrogen and oxygen atoms in total. The van der Waals surface area contributed by atoms with E-state index < -0.39 is 24.1 Å². The van der Waals surface area contributed by atoms with Crippen LogP contribution in [0.2, 0.25) is 0 Å². The summed E-state index contributed by atoms with van der Waals surface area (Å²) in [4.78, 5) is 44.0. The fourth-order valence-corrected chi connectivity index (χ4v) is 5.69. The Morgan fingerprint density at radius 1 is 1.02 bits per heavy atom. The molecule has 8 heteroatoms. The zero-order chi connectivity index (χ0) is 30.6. The summed E-state index contributed by atoms with van der Waals surface area (Å²) in [6, 6.07) is 4.43. The van der Waals surface area contributed by atoms with E-state index in [4.69, 9.17) is 0 Å². The molecular weight excluding hydrogens is 516 g/mol. The predicted octanol–water partition coefficient (Wildman–Crippen LogP) is 5.14. The first-order valence-corrected chi connectivity index (χ1v) is 15.8. The molecule has 41 heavy (non-hydrogen) atoms. The second kappa shape index (κ2) is 16.8. The second-order valence-corrected chi connectivity index (χ2v) is 13.7. The highest BCUT2D eigenvalue weighted by Gasteiger charge is 2.35. The number of hydrogen-bond acceptors (Lipinski definition) is 5. The second-order valence-electron chi connectivity index (χ2n) is 13.7. The van der Waals surface area contributed by atoms with E-state index in [1.165, 1.54) is 19.3 Å². The van der Waals surface area contributed by atoms with Crippen molar-refractivity contribution < 1.29 is 19.5 Å². The van der Waals surface area contributed by atoms with Crippen molar-refractivity contribution in [3.8, 4) is 0 Å². The molecule has 1 fully saturated rings. The van der Waals surface area contributed by atoms with Gasteiger partial charge in [0.25, 0.3) is 0 Å². The molecule has 5 atom stereocenters. The molecule has 1 aliphatic carbocycles. The monoisotopic (exact) mass is 572 g/mol. The maximum Gasteiger partial charge on any atom is 0.243 e. The topological polar surface area (TPSA) is 120 Å². The number of carbonyl (C=O) groups excluding carboxylic acids is 3. The number of amides is 3. The minimum atomic E-state index is -0.862. The Bertz CT molecular complexity index is 940. The molecule has 232 valence electrons. The van der Waals surface area contributed by atoms with Crippen molar-refractivity contribution >= 4 is 17.7 Å². The largest absolute Gasteiger partial charge is 0.391 e. The quantitative estimate of drug-likeness (QED) is 0.232. The van der Waals surface area contributed by atoms with Gasteiger partial charge < -0.3 is 21.1 Å². The lowest BCUT2D eigenvalue weighted by molar-refractivity contribution is -0.134. The molecular formula is C33H56N4O4. The molecule has 0 aliphatic heterocycles. The molecule has 1 unspecified atom stereocenters. The molecule has 1 aromatic heterocycles. The Morgan fingerprint density at radius 2 is 1.71 bits per heavy atom. The number of aromatic nitrogens is 1. The minimum Gasteiger partial charge on any atom is -0.391 e. The van der Waals surface area contributed by atoms with Crippen molar-refractivity contribution in [2.75, 3.05) is 0 Å². The van der Waals surface area contributed by atoms with Crippen molar-refractivity contribution in [2.45, 2.75) is 131 Å². The SMILES string of the molecule is CC[C@H](C)[C@H](NC(=O)C(C[C@H](O)[C@H](CC1CCCCC1)NC(=O)CC(C)(C)C)C(C)C)C(=O)NCc1ccccn1. The normalized spacial score (nSPS) is 18.2. The summed E-state index contributed by atoms with van der Waals surface area (Å²) in [6.45, 7) is 14.2. The van der Waals surface area contributed by atoms with Gasteiger partial charge >= 0.3 is 0 Å². The van der Waals surface area contributed by atoms with E-state index in [-0.39, 0.29) is 47.9 Å². The summed E-state index contributed by atoms with van der Waals surface area (Å²) in [5, 5.41) is 20.5. The van der Waals surface area contributed by atoms with E-state index in [2.05, 4.69) is 20.9 Å². The van der Waals surface area contributed by atoms with E-state index in [9.17, 15) is 19.5 Å². The average molecular weight is 573 g/mol. The van der Waals surface area contributed by atoms with Gasteiger partial charge in [0.1, 0.15) is 6.04 Å². The van der Waals surface area contributed by atoms with Crippen LogP contribution < -0.4 is 16.0 Å². The summed E-state index contributed by atoms with van der Waals surface area (Å²) in [5.74, 6) is -0.726. The van der Waals surface area contributed by atoms with Crippen LogP contribution >= 0.6 is 0 Å². The molecule has 2 rings (SSSR count). The molecule has 1 heterocycles. The Morgan fingerprint density at radius 3 is 2.27 bits per heavy atom. The molecule has 1 saturated carbocycles. The van der Waals surface area contributed by atoms with Gasteiger partial charge in [-0.1, -0.05) is 93.1 Å². The van der Waals surface area contributed by atoms with Crippen LogP contribution in [0.1, 0.15) is 112 Å². The number of nitrogens with one attached hydrogen (secondary N) is 3. The third kappa shape index (κ3) is 12.5. The lowest BCUT2D eigenvalue weighted by Crippen LogP contribution is -2.53. The molecule has 0 bridgehead atoms. The van der Waals surface area contributed by atoms with Gasteiger partial charge in [-0.15, -0.1) is 0 Å². The summed E-state index contributed by atoms with van der Waals surface area (Å²) < 4.78 is 0. The number of carbonyl (C=O) groups is 3. The number of rotatable bonds is 15. The van der Waals surface area contributed by atoms with Crippen molar-refractivity contribution in [3.63, 3.8) is 0 Å². The fourth-order valence-electron chi connectivity index (χ4n) is 5.69. The van der Waals surface area contributed by atoms with Crippen molar-refractivity contribution in [3.05, 3.63) is 30.1 Å². The minimum absolute atomic E-state index is 0.0561. The molecule has 0 saturated heterocycles. The van der Waals surface area contributed by atoms with E-state index in [0.717, 1.165) is 31.4 Å². The average Bonchev–Trinajstić information content (AvgIpc) is 2.92. The third-order valence-electron chi connectivity index (χ3n) is 8.41. The highest BCUT2D eigenvalue weighted by atomic mass is 16.3. The summed E-state index contributed by atoms with van der Waals surface area (Å²) >= 11 is 0. The number of pyridine rings is 1. The first-order valence-electron chi connectivity index (χ1n) is 15.8. The van der Waals surface area contributed by atoms with Gasteiger partial charge in [0.05, 0.1) is 24.4 Å². The third-order valence-corrected chi connectivity index (χ3v) is 8.41. The highest BCUT2D eigenvalue weighted by Crippen LogP contribution is 2.30. The first kappa shape index (κ1) is 34.7. The van der Waals surface area contributed by atoms with Crippen LogP contribution in [0.15, 0.2) is 24.4 Å². The summed E-state index contributed by atoms with van der Waals surface area (Å²) in [6.07, 6.45) is 8.67. The Balaban J connectivity index is 2.13. The van der Waals surface area contributed by atoms with E-state index in [0.29, 0.717) is 12.3 Å². The van der Waals surface area contributed by atoms with Crippen LogP contribution in [-0.4, -0.2) is 46.0 Å². The van der Waals surface area contributed by atoms with Crippen LogP contribution in [0.4, 0.5) is 0 Å². The number of aliphatic hydroxyl groups is 1. The predicted molar refractivity (Wildman–Crippen MR) is 164 cm³/mol. The smallest absolute Gasteiger partial charge is 0.243 e. The Kier molecular flexibility index (Phi) is 14.3. The molecule has 4 N–H and O–H groups in total. The molecule has 1 aliphatic rings. The standard InChI is InChI=1S/C33H56N4O4/c1-8-23(4)30(32(41)35-21-25-16-12-13-17-34-25)37-31(40)26(22(2)3)19-28(38)27(18-24-14-10-9-11-15-24)36-29(39)20-33(5,6)7/h12-13,16-17,22-24,26-28,30,38H,8-11,14-15,18-21H2,1-7H3,(H,35,41)(H,36,39)(H,37,40)/t23-,26?,27-,28-,30-/m0/s1. The molecule has 3 amide bonds. The van der Waals surface area contributed by atoms with Gasteiger partial charge in [-0.3, -0.25) is 19.4 Å². The molecule has 0 aromatic carbocycles. The van der Waals surface area contributed by atoms with Crippen LogP contribution in [-0.2, 0) is 20.9 Å². The number of hydrogen-bond donors (Lipinski definition) is 4. The molecule has 0 spiro atoms. The summed E-state index contributed by atoms with van der Waals surface area (Å²) in [5.41, 5.74) is 0.586. The highest BCUT2D eigenvalue weighted by molar-refractivity contribution is 5.88. The van der Waals surface area contributed by atoms with Gasteiger partial charge in [0, 0.05) is 18.5 Å². The maximum absolute atomic E-state index is 13.7. The lowest BCUT2D eigenvalue weighted by Gasteiger charge is -2.33. The van der Waals surface area contributed by atoms with Crippen LogP contribution in [0, 0.1) is 29.1 Å². The van der Waals surface area contributed by atoms with Crippen LogP contribution in [0.5, 0.6) is 0 Å². The van der Waals surface area contributed by atoms with E-state index in [1.807, 2.05) is 66.7 Å². The van der Waals surface area contributed by atoms with Gasteiger partial charge in [-0.05, 0) is 48.1 Å². The van der Waals surface area contributed by atoms with Gasteiger partial charge in [-0.2, -0.15) is 0 Å². The van der Waals surface area contributed by atoms with Crippen molar-refractivity contribution in [1.82, 2.24) is 20.9 Å². The van der Waals surface area contributed by atoms with Crippen molar-refractivity contribution in [1.29, 1.82) is 0 Å². The van der Waals surface area contributed by atoms with E-state index >= 15 is 0 Å². The first-order chi connectivity index (χ1) is 19.3. The zero-order valence-corrected chi connectivity index (χ0v) is 26.5. The zero-order valence-electron chi connectivity index (χ0n) is 26.5. The van der Waals surface area contributed by atoms with E-state index in [1.54, 1.807) is 6.20 Å². The number of aliphatic hydroxyl groups excluding tert-OH is 1. The van der Waals surface area contributed by atoms with Crippen molar-refractivity contribution in [2.24, 2.45) is 29.1 Å². The Labute approximate surface area is 248 Å². The summed E-state index contributed by atoms with van der Waals surface area (Å²) in [7, 11) is 0.